The predicted molar refractivity (Wildman–Crippen MR) is 168 cm³/mol. The second-order valence-corrected chi connectivity index (χ2v) is 12.0. The molecule has 0 amide bonds. The van der Waals surface area contributed by atoms with E-state index in [0.717, 1.165) is 71.6 Å². The Morgan fingerprint density at radius 2 is 1.12 bits per heavy atom. The SMILES string of the molecule is CC1(C)OB(c2cccc(-c3ccc(-c4cccc5oc6ccccc6c45)c4oc5ccccc5c34)c2)OC1(C)C. The van der Waals surface area contributed by atoms with Crippen LogP contribution in [0.4, 0.5) is 0 Å². The van der Waals surface area contributed by atoms with E-state index in [1.165, 1.54) is 0 Å². The molecule has 2 aromatic heterocycles. The summed E-state index contributed by atoms with van der Waals surface area (Å²) in [7, 11) is -0.428. The number of hydrogen-bond donors (Lipinski definition) is 0. The lowest BCUT2D eigenvalue weighted by Gasteiger charge is -2.32. The van der Waals surface area contributed by atoms with Crippen molar-refractivity contribution in [2.24, 2.45) is 0 Å². The lowest BCUT2D eigenvalue weighted by Crippen LogP contribution is -2.41. The van der Waals surface area contributed by atoms with Crippen LogP contribution >= 0.6 is 0 Å². The first-order chi connectivity index (χ1) is 19.8. The molecule has 0 unspecified atom stereocenters. The molecule has 1 saturated heterocycles. The summed E-state index contributed by atoms with van der Waals surface area (Å²) in [4.78, 5) is 0. The van der Waals surface area contributed by atoms with E-state index >= 15 is 0 Å². The van der Waals surface area contributed by atoms with E-state index in [0.29, 0.717) is 0 Å². The van der Waals surface area contributed by atoms with Crippen molar-refractivity contribution in [3.63, 3.8) is 0 Å². The van der Waals surface area contributed by atoms with Crippen LogP contribution in [0.5, 0.6) is 0 Å². The lowest BCUT2D eigenvalue weighted by molar-refractivity contribution is 0.00578. The van der Waals surface area contributed by atoms with Crippen molar-refractivity contribution in [1.82, 2.24) is 0 Å². The first-order valence-electron chi connectivity index (χ1n) is 14.1. The maximum Gasteiger partial charge on any atom is 0.494 e. The maximum atomic E-state index is 6.64. The second-order valence-electron chi connectivity index (χ2n) is 12.0. The van der Waals surface area contributed by atoms with Gasteiger partial charge in [0.15, 0.2) is 0 Å². The molecule has 0 spiro atoms. The minimum absolute atomic E-state index is 0.401. The number of hydrogen-bond acceptors (Lipinski definition) is 4. The van der Waals surface area contributed by atoms with Gasteiger partial charge in [-0.1, -0.05) is 78.9 Å². The standard InChI is InChI=1S/C36H29BO4/c1-35(2)36(3,4)41-37(40-35)23-12-9-11-22(21-23)24-19-20-26(34-33(24)28-14-6-8-17-30(28)39-34)25-15-10-18-31-32(25)27-13-5-7-16-29(27)38-31/h5-21H,1-4H3. The summed E-state index contributed by atoms with van der Waals surface area (Å²) in [5.41, 5.74) is 8.00. The normalized spacial score (nSPS) is 16.4. The fourth-order valence-electron chi connectivity index (χ4n) is 6.11. The summed E-state index contributed by atoms with van der Waals surface area (Å²) in [6.45, 7) is 8.34. The molecule has 0 radical (unpaired) electrons. The molecule has 0 N–H and O–H groups in total. The number of furan rings is 2. The van der Waals surface area contributed by atoms with E-state index in [1.54, 1.807) is 0 Å². The molecule has 4 nitrogen and oxygen atoms in total. The quantitative estimate of drug-likeness (QED) is 0.211. The average Bonchev–Trinajstić information content (AvgIpc) is 3.61. The van der Waals surface area contributed by atoms with E-state index in [-0.39, 0.29) is 0 Å². The maximum absolute atomic E-state index is 6.64. The Morgan fingerprint density at radius 3 is 1.88 bits per heavy atom. The van der Waals surface area contributed by atoms with Crippen LogP contribution in [0.2, 0.25) is 0 Å². The fraction of sp³-hybridized carbons (Fsp3) is 0.167. The molecule has 7 aromatic rings. The van der Waals surface area contributed by atoms with Gasteiger partial charge in [0, 0.05) is 27.1 Å². The first kappa shape index (κ1) is 24.5. The van der Waals surface area contributed by atoms with Crippen molar-refractivity contribution in [1.29, 1.82) is 0 Å². The van der Waals surface area contributed by atoms with Crippen LogP contribution in [0.3, 0.4) is 0 Å². The van der Waals surface area contributed by atoms with Crippen LogP contribution in [0.15, 0.2) is 112 Å². The third kappa shape index (κ3) is 3.63. The van der Waals surface area contributed by atoms with Crippen molar-refractivity contribution >= 4 is 56.5 Å². The highest BCUT2D eigenvalue weighted by molar-refractivity contribution is 6.62. The van der Waals surface area contributed by atoms with Gasteiger partial charge in [-0.2, -0.15) is 0 Å². The van der Waals surface area contributed by atoms with Gasteiger partial charge in [0.1, 0.15) is 22.3 Å². The van der Waals surface area contributed by atoms with Gasteiger partial charge in [-0.3, -0.25) is 0 Å². The summed E-state index contributed by atoms with van der Waals surface area (Å²) in [5, 5.41) is 4.38. The van der Waals surface area contributed by atoms with Crippen molar-refractivity contribution in [3.05, 3.63) is 103 Å². The molecule has 8 rings (SSSR count). The zero-order valence-electron chi connectivity index (χ0n) is 23.5. The molecular formula is C36H29BO4. The number of fused-ring (bicyclic) bond motifs is 6. The molecule has 0 bridgehead atoms. The Kier molecular flexibility index (Phi) is 5.13. The van der Waals surface area contributed by atoms with Gasteiger partial charge in [-0.05, 0) is 74.1 Å². The molecule has 1 aliphatic rings. The monoisotopic (exact) mass is 536 g/mol. The highest BCUT2D eigenvalue weighted by Crippen LogP contribution is 2.45. The summed E-state index contributed by atoms with van der Waals surface area (Å²) >= 11 is 0. The molecular weight excluding hydrogens is 507 g/mol. The van der Waals surface area contributed by atoms with Gasteiger partial charge in [0.05, 0.1) is 11.2 Å². The van der Waals surface area contributed by atoms with Crippen molar-refractivity contribution < 1.29 is 18.1 Å². The highest BCUT2D eigenvalue weighted by atomic mass is 16.7. The van der Waals surface area contributed by atoms with Crippen molar-refractivity contribution in [3.8, 4) is 22.3 Å². The zero-order chi connectivity index (χ0) is 27.9. The van der Waals surface area contributed by atoms with E-state index in [2.05, 4.69) is 100 Å². The first-order valence-corrected chi connectivity index (χ1v) is 14.1. The summed E-state index contributed by atoms with van der Waals surface area (Å²) in [6, 6.07) is 35.6. The summed E-state index contributed by atoms with van der Waals surface area (Å²) in [5.74, 6) is 0. The van der Waals surface area contributed by atoms with Crippen molar-refractivity contribution in [2.45, 2.75) is 38.9 Å². The molecule has 0 aliphatic carbocycles. The molecule has 0 atom stereocenters. The molecule has 1 aliphatic heterocycles. The van der Waals surface area contributed by atoms with Gasteiger partial charge in [0.2, 0.25) is 0 Å². The van der Waals surface area contributed by atoms with Crippen LogP contribution in [0.25, 0.3) is 66.1 Å². The van der Waals surface area contributed by atoms with Crippen LogP contribution in [0.1, 0.15) is 27.7 Å². The molecule has 5 heteroatoms. The van der Waals surface area contributed by atoms with Crippen LogP contribution in [-0.4, -0.2) is 18.3 Å². The van der Waals surface area contributed by atoms with Crippen LogP contribution in [-0.2, 0) is 9.31 Å². The molecule has 0 saturated carbocycles. The Labute approximate surface area is 238 Å². The molecule has 200 valence electrons. The Hall–Kier alpha value is -4.32. The number of benzene rings is 5. The topological polar surface area (TPSA) is 44.7 Å². The van der Waals surface area contributed by atoms with E-state index in [9.17, 15) is 0 Å². The molecule has 41 heavy (non-hydrogen) atoms. The Bertz CT molecular complexity index is 2110. The van der Waals surface area contributed by atoms with Crippen molar-refractivity contribution in [2.75, 3.05) is 0 Å². The molecule has 1 fully saturated rings. The van der Waals surface area contributed by atoms with E-state index < -0.39 is 18.3 Å². The van der Waals surface area contributed by atoms with E-state index in [4.69, 9.17) is 18.1 Å². The summed E-state index contributed by atoms with van der Waals surface area (Å²) < 4.78 is 25.6. The minimum atomic E-state index is -0.428. The highest BCUT2D eigenvalue weighted by Gasteiger charge is 2.51. The minimum Gasteiger partial charge on any atom is -0.456 e. The fourth-order valence-corrected chi connectivity index (χ4v) is 6.11. The van der Waals surface area contributed by atoms with Gasteiger partial charge in [-0.25, -0.2) is 0 Å². The van der Waals surface area contributed by atoms with Crippen LogP contribution < -0.4 is 5.46 Å². The van der Waals surface area contributed by atoms with E-state index in [1.807, 2.05) is 30.3 Å². The largest absolute Gasteiger partial charge is 0.494 e. The molecule has 5 aromatic carbocycles. The average molecular weight is 536 g/mol. The summed E-state index contributed by atoms with van der Waals surface area (Å²) in [6.07, 6.45) is 0. The third-order valence-electron chi connectivity index (χ3n) is 8.94. The second kappa shape index (κ2) is 8.59. The smallest absolute Gasteiger partial charge is 0.456 e. The predicted octanol–water partition coefficient (Wildman–Crippen LogP) is 9.12. The Morgan fingerprint density at radius 1 is 0.512 bits per heavy atom. The van der Waals surface area contributed by atoms with Gasteiger partial charge in [-0.15, -0.1) is 0 Å². The van der Waals surface area contributed by atoms with Gasteiger partial charge < -0.3 is 18.1 Å². The zero-order valence-corrected chi connectivity index (χ0v) is 23.5. The number of para-hydroxylation sites is 2. The van der Waals surface area contributed by atoms with Gasteiger partial charge in [0.25, 0.3) is 0 Å². The Balaban J connectivity index is 1.36. The van der Waals surface area contributed by atoms with Gasteiger partial charge >= 0.3 is 7.12 Å². The number of rotatable bonds is 3. The van der Waals surface area contributed by atoms with Crippen LogP contribution in [0, 0.1) is 0 Å². The molecule has 3 heterocycles. The lowest BCUT2D eigenvalue weighted by atomic mass is 9.77. The third-order valence-corrected chi connectivity index (χ3v) is 8.94.